The van der Waals surface area contributed by atoms with Crippen LogP contribution in [0.2, 0.25) is 0 Å². The first kappa shape index (κ1) is 15.6. The van der Waals surface area contributed by atoms with Gasteiger partial charge in [-0.25, -0.2) is 4.57 Å². The lowest BCUT2D eigenvalue weighted by molar-refractivity contribution is -0.633. The number of nitrogens with zero attached hydrogens (tertiary/aromatic N) is 2. The Balaban J connectivity index is 2.21. The topological polar surface area (TPSA) is 8.81 Å². The number of rotatable bonds is 2. The summed E-state index contributed by atoms with van der Waals surface area (Å²) < 4.78 is 4.73. The van der Waals surface area contributed by atoms with Crippen LogP contribution in [0, 0.1) is 20.8 Å². The standard InChI is InChI=1S/C23H23N2/c1-16-10-5-6-13-19(16)23-24(4)20-14-7-8-15-21(20)25(23)22-17(2)11-9-12-18(22)3/h5-15H,1-4H3/q+1. The largest absolute Gasteiger partial charge is 0.295 e. The summed E-state index contributed by atoms with van der Waals surface area (Å²) in [6.07, 6.45) is 0. The number of benzene rings is 3. The average Bonchev–Trinajstić information content (AvgIpc) is 2.89. The van der Waals surface area contributed by atoms with Crippen LogP contribution in [0.3, 0.4) is 0 Å². The maximum absolute atomic E-state index is 2.42. The van der Waals surface area contributed by atoms with Crippen LogP contribution in [0.4, 0.5) is 0 Å². The summed E-state index contributed by atoms with van der Waals surface area (Å²) in [5, 5.41) is 0. The van der Waals surface area contributed by atoms with Crippen molar-refractivity contribution < 1.29 is 4.57 Å². The zero-order valence-electron chi connectivity index (χ0n) is 15.2. The molecule has 0 amide bonds. The van der Waals surface area contributed by atoms with Gasteiger partial charge in [0.15, 0.2) is 11.0 Å². The molecule has 0 fully saturated rings. The van der Waals surface area contributed by atoms with E-state index in [4.69, 9.17) is 0 Å². The number of aryl methyl sites for hydroxylation is 4. The van der Waals surface area contributed by atoms with Crippen molar-refractivity contribution in [2.45, 2.75) is 20.8 Å². The highest BCUT2D eigenvalue weighted by Crippen LogP contribution is 2.31. The summed E-state index contributed by atoms with van der Waals surface area (Å²) in [4.78, 5) is 0. The Hall–Kier alpha value is -2.87. The molecule has 0 radical (unpaired) electrons. The molecule has 0 aliphatic carbocycles. The molecule has 0 aliphatic rings. The predicted molar refractivity (Wildman–Crippen MR) is 104 cm³/mol. The van der Waals surface area contributed by atoms with Gasteiger partial charge < -0.3 is 0 Å². The molecule has 1 aromatic heterocycles. The van der Waals surface area contributed by atoms with E-state index >= 15 is 0 Å². The van der Waals surface area contributed by atoms with Gasteiger partial charge in [0.1, 0.15) is 5.69 Å². The van der Waals surface area contributed by atoms with Crippen molar-refractivity contribution in [1.29, 1.82) is 0 Å². The monoisotopic (exact) mass is 327 g/mol. The maximum atomic E-state index is 2.42. The number of hydrogen-bond donors (Lipinski definition) is 0. The minimum atomic E-state index is 1.22. The number of fused-ring (bicyclic) bond motifs is 1. The van der Waals surface area contributed by atoms with Crippen molar-refractivity contribution in [1.82, 2.24) is 4.57 Å². The van der Waals surface area contributed by atoms with Crippen LogP contribution in [0.1, 0.15) is 16.7 Å². The van der Waals surface area contributed by atoms with Crippen molar-refractivity contribution in [3.63, 3.8) is 0 Å². The maximum Gasteiger partial charge on any atom is 0.295 e. The molecule has 0 bridgehead atoms. The zero-order chi connectivity index (χ0) is 17.6. The number of hydrogen-bond acceptors (Lipinski definition) is 0. The second-order valence-electron chi connectivity index (χ2n) is 6.76. The third kappa shape index (κ3) is 2.37. The van der Waals surface area contributed by atoms with Gasteiger partial charge >= 0.3 is 0 Å². The highest BCUT2D eigenvalue weighted by molar-refractivity contribution is 5.80. The molecule has 0 spiro atoms. The molecule has 0 atom stereocenters. The van der Waals surface area contributed by atoms with Gasteiger partial charge in [0.25, 0.3) is 5.82 Å². The predicted octanol–water partition coefficient (Wildman–Crippen LogP) is 5.05. The fourth-order valence-corrected chi connectivity index (χ4v) is 3.82. The molecule has 0 unspecified atom stereocenters. The molecule has 124 valence electrons. The molecule has 3 aromatic carbocycles. The summed E-state index contributed by atoms with van der Waals surface area (Å²) in [6, 6.07) is 23.8. The van der Waals surface area contributed by atoms with Crippen LogP contribution in [-0.2, 0) is 7.05 Å². The second kappa shape index (κ2) is 5.89. The first-order chi connectivity index (χ1) is 12.1. The lowest BCUT2D eigenvalue weighted by Crippen LogP contribution is -2.30. The molecular weight excluding hydrogens is 304 g/mol. The van der Waals surface area contributed by atoms with Gasteiger partial charge in [-0.3, -0.25) is 0 Å². The minimum Gasteiger partial charge on any atom is -0.225 e. The van der Waals surface area contributed by atoms with Crippen molar-refractivity contribution >= 4 is 11.0 Å². The lowest BCUT2D eigenvalue weighted by atomic mass is 10.1. The van der Waals surface area contributed by atoms with Gasteiger partial charge in [0, 0.05) is 0 Å². The summed E-state index contributed by atoms with van der Waals surface area (Å²) in [5.74, 6) is 1.22. The van der Waals surface area contributed by atoms with E-state index in [1.807, 2.05) is 0 Å². The van der Waals surface area contributed by atoms with Gasteiger partial charge in [-0.1, -0.05) is 48.5 Å². The Morgan fingerprint density at radius 1 is 0.680 bits per heavy atom. The van der Waals surface area contributed by atoms with Crippen molar-refractivity contribution in [2.75, 3.05) is 0 Å². The minimum absolute atomic E-state index is 1.22. The Kier molecular flexibility index (Phi) is 3.69. The van der Waals surface area contributed by atoms with E-state index in [2.05, 4.69) is 104 Å². The van der Waals surface area contributed by atoms with Crippen molar-refractivity contribution in [3.05, 3.63) is 83.4 Å². The molecule has 1 heterocycles. The Bertz CT molecular complexity index is 1070. The summed E-state index contributed by atoms with van der Waals surface area (Å²) in [7, 11) is 2.16. The van der Waals surface area contributed by atoms with Crippen LogP contribution < -0.4 is 4.57 Å². The number of imidazole rings is 1. The average molecular weight is 327 g/mol. The molecule has 0 aliphatic heterocycles. The highest BCUT2D eigenvalue weighted by atomic mass is 15.2. The van der Waals surface area contributed by atoms with E-state index in [9.17, 15) is 0 Å². The molecule has 0 saturated heterocycles. The molecule has 2 heteroatoms. The highest BCUT2D eigenvalue weighted by Gasteiger charge is 2.28. The normalized spacial score (nSPS) is 11.2. The van der Waals surface area contributed by atoms with Gasteiger partial charge in [0.05, 0.1) is 12.6 Å². The third-order valence-corrected chi connectivity index (χ3v) is 5.06. The lowest BCUT2D eigenvalue weighted by Gasteiger charge is -2.10. The van der Waals surface area contributed by atoms with Gasteiger partial charge in [-0.15, -0.1) is 0 Å². The van der Waals surface area contributed by atoms with Gasteiger partial charge in [-0.2, -0.15) is 4.57 Å². The van der Waals surface area contributed by atoms with Gasteiger partial charge in [0.2, 0.25) is 0 Å². The third-order valence-electron chi connectivity index (χ3n) is 5.06. The summed E-state index contributed by atoms with van der Waals surface area (Å²) in [5.41, 5.74) is 8.88. The van der Waals surface area contributed by atoms with Crippen LogP contribution >= 0.6 is 0 Å². The smallest absolute Gasteiger partial charge is 0.225 e. The van der Waals surface area contributed by atoms with E-state index in [1.165, 1.54) is 44.8 Å². The fraction of sp³-hybridized carbons (Fsp3) is 0.174. The van der Waals surface area contributed by atoms with E-state index < -0.39 is 0 Å². The SMILES string of the molecule is Cc1ccccc1-c1n(-c2c(C)cccc2C)c2ccccc2[n+]1C. The van der Waals surface area contributed by atoms with Crippen LogP contribution in [0.15, 0.2) is 66.7 Å². The fourth-order valence-electron chi connectivity index (χ4n) is 3.82. The molecular formula is C23H23N2+. The Morgan fingerprint density at radius 2 is 1.28 bits per heavy atom. The molecule has 25 heavy (non-hydrogen) atoms. The van der Waals surface area contributed by atoms with Crippen LogP contribution in [-0.4, -0.2) is 4.57 Å². The molecule has 0 saturated carbocycles. The first-order valence-corrected chi connectivity index (χ1v) is 8.71. The molecule has 4 aromatic rings. The van der Waals surface area contributed by atoms with Crippen LogP contribution in [0.5, 0.6) is 0 Å². The molecule has 2 nitrogen and oxygen atoms in total. The van der Waals surface area contributed by atoms with Crippen molar-refractivity contribution in [2.24, 2.45) is 7.05 Å². The van der Waals surface area contributed by atoms with E-state index in [-0.39, 0.29) is 0 Å². The Morgan fingerprint density at radius 3 is 2.00 bits per heavy atom. The molecule has 0 N–H and O–H groups in total. The first-order valence-electron chi connectivity index (χ1n) is 8.71. The van der Waals surface area contributed by atoms with E-state index in [0.29, 0.717) is 0 Å². The quantitative estimate of drug-likeness (QED) is 0.456. The number of aromatic nitrogens is 2. The molecule has 4 rings (SSSR count). The van der Waals surface area contributed by atoms with Crippen molar-refractivity contribution in [3.8, 4) is 17.1 Å². The second-order valence-corrected chi connectivity index (χ2v) is 6.76. The Labute approximate surface area is 149 Å². The summed E-state index contributed by atoms with van der Waals surface area (Å²) in [6.45, 7) is 6.57. The van der Waals surface area contributed by atoms with E-state index in [1.54, 1.807) is 0 Å². The van der Waals surface area contributed by atoms with Gasteiger partial charge in [-0.05, 0) is 55.7 Å². The van der Waals surface area contributed by atoms with Crippen LogP contribution in [0.25, 0.3) is 28.1 Å². The zero-order valence-corrected chi connectivity index (χ0v) is 15.2. The number of para-hydroxylation sites is 3. The van der Waals surface area contributed by atoms with E-state index in [0.717, 1.165) is 0 Å². The summed E-state index contributed by atoms with van der Waals surface area (Å²) >= 11 is 0.